The van der Waals surface area contributed by atoms with Gasteiger partial charge < -0.3 is 24.8 Å². The van der Waals surface area contributed by atoms with Crippen molar-refractivity contribution in [3.63, 3.8) is 0 Å². The fourth-order valence-corrected chi connectivity index (χ4v) is 2.36. The molecular formula is C15H8N2O8. The van der Waals surface area contributed by atoms with E-state index in [4.69, 9.17) is 4.42 Å². The van der Waals surface area contributed by atoms with Crippen molar-refractivity contribution in [1.82, 2.24) is 0 Å². The minimum atomic E-state index is -0.993. The summed E-state index contributed by atoms with van der Waals surface area (Å²) in [6, 6.07) is 3.79. The van der Waals surface area contributed by atoms with Crippen LogP contribution in [0.4, 0.5) is 11.4 Å². The maximum atomic E-state index is 12.5. The van der Waals surface area contributed by atoms with E-state index in [1.807, 2.05) is 0 Å². The summed E-state index contributed by atoms with van der Waals surface area (Å²) in [6.45, 7) is 0. The number of benzene rings is 2. The molecule has 0 radical (unpaired) electrons. The molecule has 10 nitrogen and oxygen atoms in total. The van der Waals surface area contributed by atoms with Gasteiger partial charge in [-0.2, -0.15) is 0 Å². The summed E-state index contributed by atoms with van der Waals surface area (Å²) >= 11 is 0. The van der Waals surface area contributed by atoms with E-state index in [2.05, 4.69) is 10.4 Å². The summed E-state index contributed by atoms with van der Waals surface area (Å²) in [5.74, 6) is -3.14. The highest BCUT2D eigenvalue weighted by Crippen LogP contribution is 2.42. The molecule has 4 N–H and O–H groups in total. The molecule has 0 aliphatic rings. The Morgan fingerprint density at radius 1 is 0.880 bits per heavy atom. The Morgan fingerprint density at radius 3 is 2.08 bits per heavy atom. The van der Waals surface area contributed by atoms with Crippen molar-refractivity contribution in [3.05, 3.63) is 44.3 Å². The van der Waals surface area contributed by atoms with Crippen molar-refractivity contribution in [1.29, 1.82) is 0 Å². The Balaban J connectivity index is 2.46. The van der Waals surface area contributed by atoms with Crippen LogP contribution in [0.5, 0.6) is 23.0 Å². The first kappa shape index (κ1) is 15.9. The van der Waals surface area contributed by atoms with Crippen LogP contribution in [0, 0.1) is 9.81 Å². The highest BCUT2D eigenvalue weighted by molar-refractivity contribution is 5.94. The second-order valence-corrected chi connectivity index (χ2v) is 4.99. The third kappa shape index (κ3) is 2.41. The zero-order chi connectivity index (χ0) is 18.3. The molecule has 0 bridgehead atoms. The maximum Gasteiger partial charge on any atom is 0.224 e. The molecule has 10 heteroatoms. The van der Waals surface area contributed by atoms with E-state index in [1.54, 1.807) is 0 Å². The quantitative estimate of drug-likeness (QED) is 0.414. The van der Waals surface area contributed by atoms with Gasteiger partial charge in [0.1, 0.15) is 17.0 Å². The third-order valence-electron chi connectivity index (χ3n) is 3.46. The van der Waals surface area contributed by atoms with E-state index in [1.165, 1.54) is 0 Å². The van der Waals surface area contributed by atoms with E-state index in [-0.39, 0.29) is 16.5 Å². The standard InChI is InChI=1S/C15H8N2O8/c18-6-3-7(16-23)11-10(4-6)25-15(12(17-24)14(11)22)5-1-8(19)13(21)9(20)2-5/h1-4,18-21H. The van der Waals surface area contributed by atoms with Crippen molar-refractivity contribution in [2.45, 2.75) is 0 Å². The van der Waals surface area contributed by atoms with Gasteiger partial charge in [-0.05, 0) is 22.5 Å². The number of aromatic hydroxyl groups is 4. The lowest BCUT2D eigenvalue weighted by Gasteiger charge is -2.08. The molecule has 0 amide bonds. The Kier molecular flexibility index (Phi) is 3.57. The topological polar surface area (TPSA) is 170 Å². The monoisotopic (exact) mass is 344 g/mol. The Labute approximate surface area is 137 Å². The fourth-order valence-electron chi connectivity index (χ4n) is 2.36. The molecule has 25 heavy (non-hydrogen) atoms. The van der Waals surface area contributed by atoms with E-state index in [9.17, 15) is 35.0 Å². The summed E-state index contributed by atoms with van der Waals surface area (Å²) in [4.78, 5) is 34.5. The van der Waals surface area contributed by atoms with Gasteiger partial charge >= 0.3 is 0 Å². The summed E-state index contributed by atoms with van der Waals surface area (Å²) in [6.07, 6.45) is 0. The fraction of sp³-hybridized carbons (Fsp3) is 0. The van der Waals surface area contributed by atoms with Crippen LogP contribution < -0.4 is 5.43 Å². The van der Waals surface area contributed by atoms with Crippen molar-refractivity contribution < 1.29 is 24.8 Å². The smallest absolute Gasteiger partial charge is 0.224 e. The predicted octanol–water partition coefficient (Wildman–Crippen LogP) is 3.08. The molecule has 0 aliphatic heterocycles. The van der Waals surface area contributed by atoms with Crippen LogP contribution >= 0.6 is 0 Å². The van der Waals surface area contributed by atoms with Gasteiger partial charge in [0.2, 0.25) is 5.43 Å². The molecule has 3 rings (SSSR count). The highest BCUT2D eigenvalue weighted by atomic mass is 16.3. The molecule has 0 unspecified atom stereocenters. The number of hydrogen-bond acceptors (Lipinski definition) is 10. The molecule has 0 saturated carbocycles. The van der Waals surface area contributed by atoms with Crippen LogP contribution in [-0.2, 0) is 0 Å². The number of phenolic OH excluding ortho intramolecular Hbond substituents is 4. The minimum absolute atomic E-state index is 0.148. The van der Waals surface area contributed by atoms with E-state index in [0.29, 0.717) is 0 Å². The molecule has 126 valence electrons. The van der Waals surface area contributed by atoms with Crippen molar-refractivity contribution in [3.8, 4) is 34.3 Å². The lowest BCUT2D eigenvalue weighted by molar-refractivity contribution is 0.368. The number of phenols is 4. The van der Waals surface area contributed by atoms with Gasteiger partial charge in [-0.1, -0.05) is 0 Å². The number of nitroso groups, excluding NO2 is 2. The summed E-state index contributed by atoms with van der Waals surface area (Å²) < 4.78 is 5.37. The van der Waals surface area contributed by atoms with E-state index < -0.39 is 45.6 Å². The van der Waals surface area contributed by atoms with Gasteiger partial charge in [-0.15, -0.1) is 9.81 Å². The highest BCUT2D eigenvalue weighted by Gasteiger charge is 2.22. The number of hydrogen-bond donors (Lipinski definition) is 4. The van der Waals surface area contributed by atoms with Crippen LogP contribution in [0.15, 0.2) is 43.8 Å². The molecule has 1 heterocycles. The molecule has 1 aromatic heterocycles. The minimum Gasteiger partial charge on any atom is -0.508 e. The van der Waals surface area contributed by atoms with Gasteiger partial charge in [-0.25, -0.2) is 0 Å². The Bertz CT molecular complexity index is 1080. The third-order valence-corrected chi connectivity index (χ3v) is 3.46. The van der Waals surface area contributed by atoms with Gasteiger partial charge in [0.05, 0.1) is 5.39 Å². The summed E-state index contributed by atoms with van der Waals surface area (Å²) in [5.41, 5.74) is -2.60. The van der Waals surface area contributed by atoms with Gasteiger partial charge in [-0.3, -0.25) is 4.79 Å². The second kappa shape index (κ2) is 5.60. The molecule has 0 spiro atoms. The normalized spacial score (nSPS) is 10.7. The molecule has 0 fully saturated rings. The molecule has 0 atom stereocenters. The SMILES string of the molecule is O=Nc1c(-c2cc(O)c(O)c(O)c2)oc2cc(O)cc(N=O)c2c1=O. The van der Waals surface area contributed by atoms with Crippen LogP contribution in [0.2, 0.25) is 0 Å². The average Bonchev–Trinajstić information content (AvgIpc) is 2.57. The first-order valence-corrected chi connectivity index (χ1v) is 6.63. The van der Waals surface area contributed by atoms with E-state index >= 15 is 0 Å². The van der Waals surface area contributed by atoms with Crippen LogP contribution in [0.25, 0.3) is 22.3 Å². The van der Waals surface area contributed by atoms with Gasteiger partial charge in [0.15, 0.2) is 28.7 Å². The van der Waals surface area contributed by atoms with Crippen molar-refractivity contribution >= 4 is 22.3 Å². The van der Waals surface area contributed by atoms with Crippen molar-refractivity contribution in [2.75, 3.05) is 0 Å². The zero-order valence-electron chi connectivity index (χ0n) is 12.1. The van der Waals surface area contributed by atoms with Gasteiger partial charge in [0, 0.05) is 17.7 Å². The molecule has 2 aromatic carbocycles. The van der Waals surface area contributed by atoms with Crippen LogP contribution in [0.3, 0.4) is 0 Å². The first-order chi connectivity index (χ1) is 11.9. The lowest BCUT2D eigenvalue weighted by Crippen LogP contribution is -2.03. The van der Waals surface area contributed by atoms with Crippen molar-refractivity contribution in [2.24, 2.45) is 10.4 Å². The second-order valence-electron chi connectivity index (χ2n) is 4.99. The Morgan fingerprint density at radius 2 is 1.52 bits per heavy atom. The number of rotatable bonds is 3. The number of nitrogens with zero attached hydrogens (tertiary/aromatic N) is 2. The van der Waals surface area contributed by atoms with Crippen LogP contribution in [0.1, 0.15) is 0 Å². The van der Waals surface area contributed by atoms with Crippen LogP contribution in [-0.4, -0.2) is 20.4 Å². The largest absolute Gasteiger partial charge is 0.508 e. The summed E-state index contributed by atoms with van der Waals surface area (Å²) in [5, 5.41) is 43.0. The molecule has 0 aliphatic carbocycles. The molecule has 0 saturated heterocycles. The summed E-state index contributed by atoms with van der Waals surface area (Å²) in [7, 11) is 0. The predicted molar refractivity (Wildman–Crippen MR) is 85.5 cm³/mol. The van der Waals surface area contributed by atoms with Gasteiger partial charge in [0.25, 0.3) is 0 Å². The number of fused-ring (bicyclic) bond motifs is 1. The zero-order valence-corrected chi connectivity index (χ0v) is 12.1. The average molecular weight is 344 g/mol. The lowest BCUT2D eigenvalue weighted by atomic mass is 10.1. The Hall–Kier alpha value is -3.95. The molecule has 3 aromatic rings. The molecular weight excluding hydrogens is 336 g/mol. The first-order valence-electron chi connectivity index (χ1n) is 6.63. The maximum absolute atomic E-state index is 12.5. The van der Waals surface area contributed by atoms with E-state index in [0.717, 1.165) is 24.3 Å².